The molecule has 33 heavy (non-hydrogen) atoms. The first-order valence-electron chi connectivity index (χ1n) is 10.8. The Labute approximate surface area is 196 Å². The molecule has 1 aliphatic rings. The van der Waals surface area contributed by atoms with E-state index in [9.17, 15) is 14.4 Å². The summed E-state index contributed by atoms with van der Waals surface area (Å²) in [4.78, 5) is 39.6. The second-order valence-corrected chi connectivity index (χ2v) is 9.01. The number of benzene rings is 1. The van der Waals surface area contributed by atoms with Crippen LogP contribution in [0.5, 0.6) is 0 Å². The van der Waals surface area contributed by atoms with Crippen molar-refractivity contribution in [3.05, 3.63) is 81.9 Å². The van der Waals surface area contributed by atoms with E-state index in [1.165, 1.54) is 11.3 Å². The Kier molecular flexibility index (Phi) is 7.54. The van der Waals surface area contributed by atoms with E-state index < -0.39 is 11.9 Å². The lowest BCUT2D eigenvalue weighted by molar-refractivity contribution is -0.121. The zero-order valence-corrected chi connectivity index (χ0v) is 18.9. The molecule has 172 valence electrons. The molecular weight excluding hydrogens is 440 g/mol. The number of nitrogens with one attached hydrogen (secondary N) is 3. The highest BCUT2D eigenvalue weighted by atomic mass is 32.1. The topological polar surface area (TPSA) is 104 Å². The molecule has 0 atom stereocenters. The van der Waals surface area contributed by atoms with Crippen molar-refractivity contribution in [2.75, 3.05) is 6.54 Å². The van der Waals surface area contributed by atoms with Gasteiger partial charge in [0.25, 0.3) is 5.91 Å². The second kappa shape index (κ2) is 10.9. The highest BCUT2D eigenvalue weighted by Gasteiger charge is 2.23. The third kappa shape index (κ3) is 7.30. The molecule has 4 rings (SSSR count). The number of thiophene rings is 1. The van der Waals surface area contributed by atoms with Gasteiger partial charge in [-0.1, -0.05) is 18.2 Å². The summed E-state index contributed by atoms with van der Waals surface area (Å²) in [6.07, 6.45) is 3.66. The van der Waals surface area contributed by atoms with E-state index in [0.717, 1.165) is 23.3 Å². The molecule has 0 unspecified atom stereocenters. The minimum Gasteiger partial charge on any atom is -0.468 e. The summed E-state index contributed by atoms with van der Waals surface area (Å²) >= 11 is 1.54. The SMILES string of the molecule is O=C(CN(Cc1ccc(C(=O)NC2CC2)cc1)Cc1ccco1)NC(=O)NCc1cccs1. The van der Waals surface area contributed by atoms with Gasteiger partial charge in [0.2, 0.25) is 5.91 Å². The fraction of sp³-hybridized carbons (Fsp3) is 0.292. The maximum atomic E-state index is 12.5. The highest BCUT2D eigenvalue weighted by molar-refractivity contribution is 7.09. The maximum absolute atomic E-state index is 12.5. The van der Waals surface area contributed by atoms with Crippen molar-refractivity contribution in [1.29, 1.82) is 0 Å². The van der Waals surface area contributed by atoms with Crippen LogP contribution in [0, 0.1) is 0 Å². The standard InChI is InChI=1S/C24H26N4O4S/c29-22(27-24(31)25-13-21-4-2-12-33-21)16-28(15-20-3-1-11-32-20)14-17-5-7-18(8-6-17)23(30)26-19-9-10-19/h1-8,11-12,19H,9-10,13-16H2,(H,26,30)(H2,25,27,29,31). The Morgan fingerprint density at radius 3 is 2.52 bits per heavy atom. The first-order valence-corrected chi connectivity index (χ1v) is 11.7. The number of furan rings is 1. The third-order valence-corrected chi connectivity index (χ3v) is 5.99. The van der Waals surface area contributed by atoms with Crippen molar-refractivity contribution in [1.82, 2.24) is 20.9 Å². The molecular formula is C24H26N4O4S. The lowest BCUT2D eigenvalue weighted by Gasteiger charge is -2.21. The average molecular weight is 467 g/mol. The van der Waals surface area contributed by atoms with Crippen molar-refractivity contribution in [2.45, 2.75) is 38.5 Å². The van der Waals surface area contributed by atoms with Gasteiger partial charge >= 0.3 is 6.03 Å². The molecule has 3 N–H and O–H groups in total. The fourth-order valence-corrected chi connectivity index (χ4v) is 3.95. The molecule has 0 saturated heterocycles. The van der Waals surface area contributed by atoms with Gasteiger partial charge in [0, 0.05) is 23.0 Å². The van der Waals surface area contributed by atoms with Crippen LogP contribution in [0.1, 0.15) is 39.4 Å². The molecule has 0 spiro atoms. The van der Waals surface area contributed by atoms with E-state index in [0.29, 0.717) is 37.0 Å². The van der Waals surface area contributed by atoms with Crippen LogP contribution in [0.4, 0.5) is 4.79 Å². The van der Waals surface area contributed by atoms with Gasteiger partial charge in [-0.2, -0.15) is 0 Å². The molecule has 8 nitrogen and oxygen atoms in total. The summed E-state index contributed by atoms with van der Waals surface area (Å²) < 4.78 is 5.43. The van der Waals surface area contributed by atoms with Gasteiger partial charge in [-0.15, -0.1) is 11.3 Å². The largest absolute Gasteiger partial charge is 0.468 e. The summed E-state index contributed by atoms with van der Waals surface area (Å²) in [5.41, 5.74) is 1.56. The number of hydrogen-bond acceptors (Lipinski definition) is 6. The Balaban J connectivity index is 1.32. The molecule has 9 heteroatoms. The van der Waals surface area contributed by atoms with Crippen LogP contribution in [0.25, 0.3) is 0 Å². The molecule has 1 aliphatic carbocycles. The van der Waals surface area contributed by atoms with Gasteiger partial charge in [-0.05, 0) is 54.1 Å². The number of amides is 4. The molecule has 0 aliphatic heterocycles. The van der Waals surface area contributed by atoms with Gasteiger partial charge in [0.05, 0.1) is 25.9 Å². The van der Waals surface area contributed by atoms with E-state index in [-0.39, 0.29) is 12.5 Å². The van der Waals surface area contributed by atoms with Gasteiger partial charge in [-0.3, -0.25) is 19.8 Å². The maximum Gasteiger partial charge on any atom is 0.321 e. The van der Waals surface area contributed by atoms with Crippen molar-refractivity contribution < 1.29 is 18.8 Å². The molecule has 0 bridgehead atoms. The first kappa shape index (κ1) is 22.8. The minimum absolute atomic E-state index is 0.0110. The normalized spacial score (nSPS) is 13.0. The Bertz CT molecular complexity index is 1060. The van der Waals surface area contributed by atoms with Gasteiger partial charge in [0.15, 0.2) is 0 Å². The fourth-order valence-electron chi connectivity index (χ4n) is 3.30. The first-order chi connectivity index (χ1) is 16.0. The van der Waals surface area contributed by atoms with E-state index in [2.05, 4.69) is 16.0 Å². The van der Waals surface area contributed by atoms with Gasteiger partial charge in [-0.25, -0.2) is 4.79 Å². The molecule has 1 saturated carbocycles. The molecule has 4 amide bonds. The minimum atomic E-state index is -0.530. The number of carbonyl (C=O) groups is 3. The lowest BCUT2D eigenvalue weighted by atomic mass is 10.1. The monoisotopic (exact) mass is 466 g/mol. The van der Waals surface area contributed by atoms with Gasteiger partial charge in [0.1, 0.15) is 5.76 Å². The number of carbonyl (C=O) groups excluding carboxylic acids is 3. The second-order valence-electron chi connectivity index (χ2n) is 7.98. The Morgan fingerprint density at radius 2 is 1.85 bits per heavy atom. The molecule has 1 fully saturated rings. The highest BCUT2D eigenvalue weighted by Crippen LogP contribution is 2.19. The molecule has 3 aromatic rings. The Hall–Kier alpha value is -3.43. The van der Waals surface area contributed by atoms with Crippen molar-refractivity contribution in [3.8, 4) is 0 Å². The predicted molar refractivity (Wildman–Crippen MR) is 124 cm³/mol. The average Bonchev–Trinajstić information content (AvgIpc) is 3.23. The zero-order valence-electron chi connectivity index (χ0n) is 18.1. The lowest BCUT2D eigenvalue weighted by Crippen LogP contribution is -2.44. The predicted octanol–water partition coefficient (Wildman–Crippen LogP) is 3.26. The molecule has 0 radical (unpaired) electrons. The summed E-state index contributed by atoms with van der Waals surface area (Å²) in [7, 11) is 0. The summed E-state index contributed by atoms with van der Waals surface area (Å²) in [6.45, 7) is 1.24. The van der Waals surface area contributed by atoms with Crippen LogP contribution in [0.3, 0.4) is 0 Å². The number of nitrogens with zero attached hydrogens (tertiary/aromatic N) is 1. The summed E-state index contributed by atoms with van der Waals surface area (Å²) in [5.74, 6) is 0.237. The number of rotatable bonds is 10. The van der Waals surface area contributed by atoms with E-state index >= 15 is 0 Å². The van der Waals surface area contributed by atoms with Crippen LogP contribution in [0.15, 0.2) is 64.6 Å². The number of hydrogen-bond donors (Lipinski definition) is 3. The van der Waals surface area contributed by atoms with Crippen molar-refractivity contribution >= 4 is 29.2 Å². The van der Waals surface area contributed by atoms with E-state index in [1.807, 2.05) is 40.6 Å². The van der Waals surface area contributed by atoms with Crippen LogP contribution in [0.2, 0.25) is 0 Å². The third-order valence-electron chi connectivity index (χ3n) is 5.12. The molecule has 2 heterocycles. The molecule has 1 aromatic carbocycles. The quantitative estimate of drug-likeness (QED) is 0.426. The van der Waals surface area contributed by atoms with Crippen LogP contribution < -0.4 is 16.0 Å². The van der Waals surface area contributed by atoms with Crippen LogP contribution in [-0.4, -0.2) is 35.3 Å². The number of urea groups is 1. The van der Waals surface area contributed by atoms with Crippen molar-refractivity contribution in [3.63, 3.8) is 0 Å². The number of imide groups is 1. The summed E-state index contributed by atoms with van der Waals surface area (Å²) in [6, 6.07) is 14.6. The Morgan fingerprint density at radius 1 is 1.03 bits per heavy atom. The summed E-state index contributed by atoms with van der Waals surface area (Å²) in [5, 5.41) is 9.96. The van der Waals surface area contributed by atoms with Gasteiger partial charge < -0.3 is 15.1 Å². The van der Waals surface area contributed by atoms with E-state index in [4.69, 9.17) is 4.42 Å². The molecule has 2 aromatic heterocycles. The smallest absolute Gasteiger partial charge is 0.321 e. The van der Waals surface area contributed by atoms with Crippen LogP contribution >= 0.6 is 11.3 Å². The zero-order chi connectivity index (χ0) is 23.0. The van der Waals surface area contributed by atoms with Crippen molar-refractivity contribution in [2.24, 2.45) is 0 Å². The van der Waals surface area contributed by atoms with Crippen LogP contribution in [-0.2, 0) is 24.4 Å². The van der Waals surface area contributed by atoms with E-state index in [1.54, 1.807) is 24.5 Å².